The molecule has 1 N–H and O–H groups in total. The van der Waals surface area contributed by atoms with Crippen molar-refractivity contribution in [2.24, 2.45) is 5.41 Å². The second-order valence-electron chi connectivity index (χ2n) is 6.34. The Morgan fingerprint density at radius 1 is 1.35 bits per heavy atom. The smallest absolute Gasteiger partial charge is 0.246 e. The molecule has 1 saturated heterocycles. The average molecular weight is 278 g/mol. The van der Waals surface area contributed by atoms with Crippen LogP contribution in [-0.4, -0.2) is 35.3 Å². The van der Waals surface area contributed by atoms with E-state index in [1.54, 1.807) is 18.1 Å². The zero-order valence-electron chi connectivity index (χ0n) is 12.5. The minimum Gasteiger partial charge on any atom is -0.469 e. The van der Waals surface area contributed by atoms with Gasteiger partial charge in [0.25, 0.3) is 0 Å². The van der Waals surface area contributed by atoms with Crippen molar-refractivity contribution in [3.05, 3.63) is 24.2 Å². The summed E-state index contributed by atoms with van der Waals surface area (Å²) in [6, 6.07) is 2.79. The Labute approximate surface area is 119 Å². The standard InChI is InChI=1S/C15H22N2O3/c1-10-13(18)16-12(15(2,3)4)14(19)17(10)8-7-11-6-5-9-20-11/h5-6,9-10,12H,7-8H2,1-4H3,(H,16,18). The Hall–Kier alpha value is -1.78. The van der Waals surface area contributed by atoms with E-state index in [9.17, 15) is 9.59 Å². The largest absolute Gasteiger partial charge is 0.469 e. The van der Waals surface area contributed by atoms with E-state index in [1.165, 1.54) is 0 Å². The Kier molecular flexibility index (Phi) is 3.88. The number of hydrogen-bond donors (Lipinski definition) is 1. The third-order valence-electron chi connectivity index (χ3n) is 3.71. The van der Waals surface area contributed by atoms with E-state index < -0.39 is 12.1 Å². The first-order valence-electron chi connectivity index (χ1n) is 6.94. The molecule has 110 valence electrons. The lowest BCUT2D eigenvalue weighted by Gasteiger charge is -2.42. The first-order chi connectivity index (χ1) is 9.30. The molecule has 2 amide bonds. The van der Waals surface area contributed by atoms with Gasteiger partial charge in [-0.05, 0) is 24.5 Å². The average Bonchev–Trinajstić information content (AvgIpc) is 2.85. The molecule has 2 atom stereocenters. The summed E-state index contributed by atoms with van der Waals surface area (Å²) in [4.78, 5) is 26.3. The second-order valence-corrected chi connectivity index (χ2v) is 6.34. The van der Waals surface area contributed by atoms with Crippen LogP contribution < -0.4 is 5.32 Å². The van der Waals surface area contributed by atoms with Crippen LogP contribution >= 0.6 is 0 Å². The fourth-order valence-electron chi connectivity index (χ4n) is 2.40. The minimum atomic E-state index is -0.470. The molecule has 1 aromatic rings. The van der Waals surface area contributed by atoms with E-state index in [-0.39, 0.29) is 17.2 Å². The van der Waals surface area contributed by atoms with Crippen LogP contribution in [-0.2, 0) is 16.0 Å². The van der Waals surface area contributed by atoms with Gasteiger partial charge in [0.2, 0.25) is 11.8 Å². The molecule has 1 aliphatic heterocycles. The predicted octanol–water partition coefficient (Wildman–Crippen LogP) is 1.58. The fourth-order valence-corrected chi connectivity index (χ4v) is 2.40. The van der Waals surface area contributed by atoms with Gasteiger partial charge in [0.1, 0.15) is 17.8 Å². The number of carbonyl (C=O) groups is 2. The Morgan fingerprint density at radius 2 is 2.05 bits per heavy atom. The van der Waals surface area contributed by atoms with E-state index in [4.69, 9.17) is 4.42 Å². The molecular formula is C15H22N2O3. The zero-order chi connectivity index (χ0) is 14.9. The highest BCUT2D eigenvalue weighted by Gasteiger charge is 2.43. The molecule has 1 fully saturated rings. The molecule has 0 aromatic carbocycles. The first-order valence-corrected chi connectivity index (χ1v) is 6.94. The van der Waals surface area contributed by atoms with Gasteiger partial charge in [-0.15, -0.1) is 0 Å². The van der Waals surface area contributed by atoms with Crippen LogP contribution in [0.2, 0.25) is 0 Å². The van der Waals surface area contributed by atoms with Gasteiger partial charge in [-0.3, -0.25) is 9.59 Å². The van der Waals surface area contributed by atoms with Gasteiger partial charge < -0.3 is 14.6 Å². The molecular weight excluding hydrogens is 256 g/mol. The van der Waals surface area contributed by atoms with Gasteiger partial charge >= 0.3 is 0 Å². The van der Waals surface area contributed by atoms with Crippen molar-refractivity contribution in [2.75, 3.05) is 6.54 Å². The van der Waals surface area contributed by atoms with Gasteiger partial charge in [-0.25, -0.2) is 0 Å². The minimum absolute atomic E-state index is 0.0174. The molecule has 0 radical (unpaired) electrons. The summed E-state index contributed by atoms with van der Waals surface area (Å²) < 4.78 is 5.28. The molecule has 2 heterocycles. The number of amides is 2. The molecule has 5 heteroatoms. The van der Waals surface area contributed by atoms with E-state index in [2.05, 4.69) is 5.32 Å². The van der Waals surface area contributed by atoms with Crippen molar-refractivity contribution in [1.82, 2.24) is 10.2 Å². The molecule has 2 rings (SSSR count). The highest BCUT2D eigenvalue weighted by atomic mass is 16.3. The molecule has 1 aromatic heterocycles. The van der Waals surface area contributed by atoms with E-state index in [0.29, 0.717) is 13.0 Å². The van der Waals surface area contributed by atoms with Gasteiger partial charge in [0.05, 0.1) is 6.26 Å². The van der Waals surface area contributed by atoms with Crippen molar-refractivity contribution < 1.29 is 14.0 Å². The summed E-state index contributed by atoms with van der Waals surface area (Å²) in [5.41, 5.74) is -0.296. The number of nitrogens with zero attached hydrogens (tertiary/aromatic N) is 1. The van der Waals surface area contributed by atoms with Gasteiger partial charge in [-0.2, -0.15) is 0 Å². The summed E-state index contributed by atoms with van der Waals surface area (Å²) in [5, 5.41) is 2.83. The predicted molar refractivity (Wildman–Crippen MR) is 75.0 cm³/mol. The number of carbonyl (C=O) groups excluding carboxylic acids is 2. The lowest BCUT2D eigenvalue weighted by atomic mass is 9.84. The van der Waals surface area contributed by atoms with Crippen molar-refractivity contribution in [3.63, 3.8) is 0 Å². The quantitative estimate of drug-likeness (QED) is 0.913. The monoisotopic (exact) mass is 278 g/mol. The van der Waals surface area contributed by atoms with Crippen molar-refractivity contribution >= 4 is 11.8 Å². The zero-order valence-corrected chi connectivity index (χ0v) is 12.5. The highest BCUT2D eigenvalue weighted by Crippen LogP contribution is 2.25. The number of furan rings is 1. The SMILES string of the molecule is CC1C(=O)NC(C(C)(C)C)C(=O)N1CCc1ccco1. The topological polar surface area (TPSA) is 62.6 Å². The highest BCUT2D eigenvalue weighted by molar-refractivity contribution is 5.97. The molecule has 2 unspecified atom stereocenters. The van der Waals surface area contributed by atoms with Crippen LogP contribution in [0.5, 0.6) is 0 Å². The van der Waals surface area contributed by atoms with Gasteiger partial charge in [-0.1, -0.05) is 20.8 Å². The van der Waals surface area contributed by atoms with Crippen LogP contribution in [0.3, 0.4) is 0 Å². The van der Waals surface area contributed by atoms with E-state index in [1.807, 2.05) is 32.9 Å². The van der Waals surface area contributed by atoms with Crippen LogP contribution in [0.15, 0.2) is 22.8 Å². The molecule has 5 nitrogen and oxygen atoms in total. The number of piperazine rings is 1. The Morgan fingerprint density at radius 3 is 2.60 bits per heavy atom. The number of hydrogen-bond acceptors (Lipinski definition) is 3. The van der Waals surface area contributed by atoms with E-state index in [0.717, 1.165) is 5.76 Å². The fraction of sp³-hybridized carbons (Fsp3) is 0.600. The van der Waals surface area contributed by atoms with Crippen LogP contribution in [0.1, 0.15) is 33.5 Å². The normalized spacial score (nSPS) is 23.9. The maximum atomic E-state index is 12.6. The lowest BCUT2D eigenvalue weighted by molar-refractivity contribution is -0.151. The maximum absolute atomic E-state index is 12.6. The van der Waals surface area contributed by atoms with Gasteiger partial charge in [0.15, 0.2) is 0 Å². The first kappa shape index (κ1) is 14.6. The third kappa shape index (κ3) is 2.86. The molecule has 1 aliphatic rings. The summed E-state index contributed by atoms with van der Waals surface area (Å²) in [6.45, 7) is 8.12. The molecule has 0 aliphatic carbocycles. The van der Waals surface area contributed by atoms with Crippen molar-refractivity contribution in [3.8, 4) is 0 Å². The summed E-state index contributed by atoms with van der Waals surface area (Å²) in [7, 11) is 0. The molecule has 20 heavy (non-hydrogen) atoms. The number of rotatable bonds is 3. The van der Waals surface area contributed by atoms with Crippen LogP contribution in [0.4, 0.5) is 0 Å². The third-order valence-corrected chi connectivity index (χ3v) is 3.71. The maximum Gasteiger partial charge on any atom is 0.246 e. The molecule has 0 saturated carbocycles. The molecule has 0 spiro atoms. The van der Waals surface area contributed by atoms with Crippen molar-refractivity contribution in [1.29, 1.82) is 0 Å². The van der Waals surface area contributed by atoms with Crippen LogP contribution in [0, 0.1) is 5.41 Å². The summed E-state index contributed by atoms with van der Waals surface area (Å²) in [6.07, 6.45) is 2.23. The van der Waals surface area contributed by atoms with Gasteiger partial charge in [0, 0.05) is 13.0 Å². The number of nitrogens with one attached hydrogen (secondary N) is 1. The van der Waals surface area contributed by atoms with E-state index >= 15 is 0 Å². The lowest BCUT2D eigenvalue weighted by Crippen LogP contribution is -2.66. The Bertz CT molecular complexity index is 488. The van der Waals surface area contributed by atoms with Crippen molar-refractivity contribution in [2.45, 2.75) is 46.2 Å². The summed E-state index contributed by atoms with van der Waals surface area (Å²) in [5.74, 6) is 0.711. The Balaban J connectivity index is 2.12. The summed E-state index contributed by atoms with van der Waals surface area (Å²) >= 11 is 0. The molecule has 0 bridgehead atoms. The van der Waals surface area contributed by atoms with Crippen LogP contribution in [0.25, 0.3) is 0 Å². The second kappa shape index (κ2) is 5.31.